The number of imidazole rings is 1. The molecule has 1 rings (SSSR count). The number of anilines is 1. The molecule has 0 radical (unpaired) electrons. The fourth-order valence-corrected chi connectivity index (χ4v) is 2.02. The lowest BCUT2D eigenvalue weighted by atomic mass is 10.1. The van der Waals surface area contributed by atoms with Crippen LogP contribution in [-0.2, 0) is 11.3 Å². The van der Waals surface area contributed by atoms with Crippen molar-refractivity contribution in [3.63, 3.8) is 0 Å². The molecule has 1 aromatic heterocycles. The first-order valence-electron chi connectivity index (χ1n) is 7.17. The first-order valence-corrected chi connectivity index (χ1v) is 7.17. The summed E-state index contributed by atoms with van der Waals surface area (Å²) in [4.78, 5) is 4.40. The second kappa shape index (κ2) is 8.97. The van der Waals surface area contributed by atoms with Crippen LogP contribution in [0.2, 0.25) is 0 Å². The highest BCUT2D eigenvalue weighted by molar-refractivity contribution is 5.27. The van der Waals surface area contributed by atoms with Gasteiger partial charge >= 0.3 is 0 Å². The fraction of sp³-hybridized carbons (Fsp3) is 0.786. The van der Waals surface area contributed by atoms with Crippen LogP contribution >= 0.6 is 0 Å². The Kier molecular flexibility index (Phi) is 7.49. The smallest absolute Gasteiger partial charge is 0.202 e. The molecule has 4 heteroatoms. The largest absolute Gasteiger partial charge is 0.382 e. The summed E-state index contributed by atoms with van der Waals surface area (Å²) in [6.45, 7) is 9.05. The number of hydrogen-bond donors (Lipinski definition) is 1. The van der Waals surface area contributed by atoms with Gasteiger partial charge in [0.1, 0.15) is 0 Å². The SMILES string of the molecule is CCCC(CC)Nc1nccn1CCCOCC. The molecule has 0 aliphatic rings. The van der Waals surface area contributed by atoms with Gasteiger partial charge in [-0.15, -0.1) is 0 Å². The van der Waals surface area contributed by atoms with Crippen molar-refractivity contribution in [3.8, 4) is 0 Å². The normalized spacial score (nSPS) is 12.6. The van der Waals surface area contributed by atoms with Crippen LogP contribution in [0.5, 0.6) is 0 Å². The lowest BCUT2D eigenvalue weighted by Crippen LogP contribution is -2.21. The maximum Gasteiger partial charge on any atom is 0.202 e. The van der Waals surface area contributed by atoms with E-state index in [0.29, 0.717) is 6.04 Å². The molecule has 0 bridgehead atoms. The molecular formula is C14H27N3O. The van der Waals surface area contributed by atoms with Crippen molar-refractivity contribution in [2.75, 3.05) is 18.5 Å². The molecule has 0 amide bonds. The van der Waals surface area contributed by atoms with Crippen LogP contribution in [0.1, 0.15) is 46.5 Å². The summed E-state index contributed by atoms with van der Waals surface area (Å²) in [6, 6.07) is 0.531. The summed E-state index contributed by atoms with van der Waals surface area (Å²) in [5.41, 5.74) is 0. The van der Waals surface area contributed by atoms with Gasteiger partial charge in [0.25, 0.3) is 0 Å². The van der Waals surface area contributed by atoms with E-state index < -0.39 is 0 Å². The molecule has 0 aliphatic heterocycles. The van der Waals surface area contributed by atoms with E-state index in [-0.39, 0.29) is 0 Å². The molecule has 1 atom stereocenters. The summed E-state index contributed by atoms with van der Waals surface area (Å²) in [6.07, 6.45) is 8.47. The monoisotopic (exact) mass is 253 g/mol. The lowest BCUT2D eigenvalue weighted by Gasteiger charge is -2.17. The third-order valence-electron chi connectivity index (χ3n) is 3.07. The summed E-state index contributed by atoms with van der Waals surface area (Å²) >= 11 is 0. The molecular weight excluding hydrogens is 226 g/mol. The van der Waals surface area contributed by atoms with Gasteiger partial charge in [-0.05, 0) is 26.2 Å². The number of hydrogen-bond acceptors (Lipinski definition) is 3. The predicted molar refractivity (Wildman–Crippen MR) is 75.9 cm³/mol. The van der Waals surface area contributed by atoms with Crippen LogP contribution < -0.4 is 5.32 Å². The van der Waals surface area contributed by atoms with Crippen molar-refractivity contribution in [1.82, 2.24) is 9.55 Å². The molecule has 104 valence electrons. The van der Waals surface area contributed by atoms with Gasteiger partial charge in [-0.25, -0.2) is 4.98 Å². The van der Waals surface area contributed by atoms with Crippen LogP contribution in [0.4, 0.5) is 5.95 Å². The first kappa shape index (κ1) is 15.0. The summed E-state index contributed by atoms with van der Waals surface area (Å²) < 4.78 is 7.54. The highest BCUT2D eigenvalue weighted by atomic mass is 16.5. The summed E-state index contributed by atoms with van der Waals surface area (Å²) in [5.74, 6) is 0.992. The first-order chi connectivity index (χ1) is 8.81. The maximum atomic E-state index is 5.36. The van der Waals surface area contributed by atoms with Crippen LogP contribution in [0.3, 0.4) is 0 Å². The zero-order chi connectivity index (χ0) is 13.2. The van der Waals surface area contributed by atoms with Gasteiger partial charge in [0, 0.05) is 38.2 Å². The molecule has 1 aromatic rings. The van der Waals surface area contributed by atoms with E-state index in [2.05, 4.69) is 28.7 Å². The summed E-state index contributed by atoms with van der Waals surface area (Å²) in [5, 5.41) is 3.53. The minimum atomic E-state index is 0.531. The second-order valence-corrected chi connectivity index (χ2v) is 4.53. The maximum absolute atomic E-state index is 5.36. The van der Waals surface area contributed by atoms with Gasteiger partial charge in [0.05, 0.1) is 0 Å². The van der Waals surface area contributed by atoms with E-state index in [0.717, 1.165) is 38.5 Å². The standard InChI is InChI=1S/C14H27N3O/c1-4-8-13(5-2)16-14-15-9-11-17(14)10-7-12-18-6-3/h9,11,13H,4-8,10,12H2,1-3H3,(H,15,16). The van der Waals surface area contributed by atoms with E-state index in [1.54, 1.807) is 0 Å². The van der Waals surface area contributed by atoms with Crippen molar-refractivity contribution in [3.05, 3.63) is 12.4 Å². The van der Waals surface area contributed by atoms with E-state index in [9.17, 15) is 0 Å². The van der Waals surface area contributed by atoms with Crippen molar-refractivity contribution in [2.45, 2.75) is 59.0 Å². The van der Waals surface area contributed by atoms with Gasteiger partial charge in [0.2, 0.25) is 5.95 Å². The van der Waals surface area contributed by atoms with Crippen LogP contribution in [0, 0.1) is 0 Å². The Morgan fingerprint density at radius 3 is 2.89 bits per heavy atom. The lowest BCUT2D eigenvalue weighted by molar-refractivity contribution is 0.142. The molecule has 1 unspecified atom stereocenters. The quantitative estimate of drug-likeness (QED) is 0.650. The van der Waals surface area contributed by atoms with E-state index in [1.165, 1.54) is 12.8 Å². The third kappa shape index (κ3) is 5.08. The number of nitrogens with zero attached hydrogens (tertiary/aromatic N) is 2. The van der Waals surface area contributed by atoms with E-state index >= 15 is 0 Å². The molecule has 1 heterocycles. The Morgan fingerprint density at radius 1 is 1.39 bits per heavy atom. The fourth-order valence-electron chi connectivity index (χ4n) is 2.02. The highest BCUT2D eigenvalue weighted by Gasteiger charge is 2.08. The summed E-state index contributed by atoms with van der Waals surface area (Å²) in [7, 11) is 0. The average molecular weight is 253 g/mol. The Morgan fingerprint density at radius 2 is 2.22 bits per heavy atom. The van der Waals surface area contributed by atoms with Gasteiger partial charge < -0.3 is 14.6 Å². The number of nitrogens with one attached hydrogen (secondary N) is 1. The van der Waals surface area contributed by atoms with Gasteiger partial charge in [-0.2, -0.15) is 0 Å². The topological polar surface area (TPSA) is 39.1 Å². The molecule has 0 fully saturated rings. The van der Waals surface area contributed by atoms with Crippen molar-refractivity contribution in [1.29, 1.82) is 0 Å². The zero-order valence-corrected chi connectivity index (χ0v) is 12.0. The third-order valence-corrected chi connectivity index (χ3v) is 3.07. The molecule has 0 aromatic carbocycles. The highest BCUT2D eigenvalue weighted by Crippen LogP contribution is 2.11. The van der Waals surface area contributed by atoms with Gasteiger partial charge in [-0.3, -0.25) is 0 Å². The molecule has 0 saturated heterocycles. The van der Waals surface area contributed by atoms with Crippen molar-refractivity contribution in [2.24, 2.45) is 0 Å². The number of aromatic nitrogens is 2. The predicted octanol–water partition coefficient (Wildman–Crippen LogP) is 3.30. The van der Waals surface area contributed by atoms with Gasteiger partial charge in [-0.1, -0.05) is 20.3 Å². The Hall–Kier alpha value is -1.03. The molecule has 4 nitrogen and oxygen atoms in total. The van der Waals surface area contributed by atoms with Gasteiger partial charge in [0.15, 0.2) is 0 Å². The number of ether oxygens (including phenoxy) is 1. The minimum absolute atomic E-state index is 0.531. The molecule has 0 spiro atoms. The minimum Gasteiger partial charge on any atom is -0.382 e. The molecule has 1 N–H and O–H groups in total. The van der Waals surface area contributed by atoms with Crippen molar-refractivity contribution >= 4 is 5.95 Å². The average Bonchev–Trinajstić information content (AvgIpc) is 2.81. The van der Waals surface area contributed by atoms with E-state index in [1.807, 2.05) is 19.3 Å². The number of aryl methyl sites for hydroxylation is 1. The molecule has 0 aliphatic carbocycles. The van der Waals surface area contributed by atoms with Crippen LogP contribution in [-0.4, -0.2) is 28.8 Å². The van der Waals surface area contributed by atoms with E-state index in [4.69, 9.17) is 4.74 Å². The number of rotatable bonds is 10. The Balaban J connectivity index is 2.43. The molecule has 18 heavy (non-hydrogen) atoms. The van der Waals surface area contributed by atoms with Crippen LogP contribution in [0.25, 0.3) is 0 Å². The molecule has 0 saturated carbocycles. The van der Waals surface area contributed by atoms with Crippen LogP contribution in [0.15, 0.2) is 12.4 Å². The Labute approximate surface area is 111 Å². The zero-order valence-electron chi connectivity index (χ0n) is 12.0. The Bertz CT molecular complexity index is 312. The van der Waals surface area contributed by atoms with Crippen molar-refractivity contribution < 1.29 is 4.74 Å². The second-order valence-electron chi connectivity index (χ2n) is 4.53.